The minimum Gasteiger partial charge on any atom is -0.314 e. The molecule has 17 heavy (non-hydrogen) atoms. The first-order valence-electron chi connectivity index (χ1n) is 5.65. The molecule has 94 valence electrons. The van der Waals surface area contributed by atoms with Crippen LogP contribution in [0.1, 0.15) is 5.56 Å². The number of benzene rings is 1. The Morgan fingerprint density at radius 1 is 1.12 bits per heavy atom. The van der Waals surface area contributed by atoms with E-state index in [4.69, 9.17) is 0 Å². The lowest BCUT2D eigenvalue weighted by Crippen LogP contribution is -2.47. The summed E-state index contributed by atoms with van der Waals surface area (Å²) < 4.78 is 40.4. The summed E-state index contributed by atoms with van der Waals surface area (Å²) in [6.07, 6.45) is 0. The molecule has 1 aromatic rings. The number of nitrogens with one attached hydrogen (secondary N) is 1. The monoisotopic (exact) mass is 244 g/mol. The zero-order valence-electron chi connectivity index (χ0n) is 9.43. The fourth-order valence-corrected chi connectivity index (χ4v) is 1.94. The lowest BCUT2D eigenvalue weighted by atomic mass is 10.1. The van der Waals surface area contributed by atoms with Crippen LogP contribution in [0, 0.1) is 5.82 Å². The Balaban J connectivity index is 2.04. The molecule has 1 heterocycles. The largest absolute Gasteiger partial charge is 0.314 e. The Morgan fingerprint density at radius 3 is 2.29 bits per heavy atom. The number of rotatable bonds is 3. The third kappa shape index (κ3) is 3.20. The van der Waals surface area contributed by atoms with E-state index < -0.39 is 11.7 Å². The Labute approximate surface area is 98.4 Å². The molecule has 1 fully saturated rings. The standard InChI is InChI=1S/C12H15F3N2/c13-11-3-1-10(2-4-11)12(14,15)9-17-7-5-16-6-8-17/h1-4,16H,5-9H2. The van der Waals surface area contributed by atoms with Gasteiger partial charge in [-0.3, -0.25) is 4.90 Å². The van der Waals surface area contributed by atoms with Crippen LogP contribution in [0.25, 0.3) is 0 Å². The average molecular weight is 244 g/mol. The van der Waals surface area contributed by atoms with E-state index >= 15 is 0 Å². The molecule has 0 saturated carbocycles. The number of hydrogen-bond acceptors (Lipinski definition) is 2. The van der Waals surface area contributed by atoms with E-state index in [0.29, 0.717) is 13.1 Å². The molecule has 0 atom stereocenters. The quantitative estimate of drug-likeness (QED) is 0.872. The van der Waals surface area contributed by atoms with Gasteiger partial charge in [0.25, 0.3) is 5.92 Å². The third-order valence-electron chi connectivity index (χ3n) is 2.90. The van der Waals surface area contributed by atoms with Gasteiger partial charge in [-0.15, -0.1) is 0 Å². The van der Waals surface area contributed by atoms with Crippen LogP contribution in [0.15, 0.2) is 24.3 Å². The van der Waals surface area contributed by atoms with Crippen LogP contribution in [0.2, 0.25) is 0 Å². The normalized spacial score (nSPS) is 18.3. The van der Waals surface area contributed by atoms with E-state index in [9.17, 15) is 13.2 Å². The number of nitrogens with zero attached hydrogens (tertiary/aromatic N) is 1. The SMILES string of the molecule is Fc1ccc(C(F)(F)CN2CCNCC2)cc1. The molecule has 1 saturated heterocycles. The van der Waals surface area contributed by atoms with Crippen molar-refractivity contribution >= 4 is 0 Å². The molecule has 0 aromatic heterocycles. The van der Waals surface area contributed by atoms with E-state index in [1.165, 1.54) is 0 Å². The van der Waals surface area contributed by atoms with Gasteiger partial charge in [-0.2, -0.15) is 8.78 Å². The molecule has 1 aliphatic heterocycles. The van der Waals surface area contributed by atoms with Crippen LogP contribution >= 0.6 is 0 Å². The highest BCUT2D eigenvalue weighted by Gasteiger charge is 2.34. The van der Waals surface area contributed by atoms with Crippen molar-refractivity contribution in [3.63, 3.8) is 0 Å². The van der Waals surface area contributed by atoms with Crippen LogP contribution in [-0.2, 0) is 5.92 Å². The van der Waals surface area contributed by atoms with Crippen molar-refractivity contribution in [2.24, 2.45) is 0 Å². The number of alkyl halides is 2. The summed E-state index contributed by atoms with van der Waals surface area (Å²) in [4.78, 5) is 1.72. The summed E-state index contributed by atoms with van der Waals surface area (Å²) in [6, 6.07) is 4.44. The Bertz CT molecular complexity index is 359. The van der Waals surface area contributed by atoms with Crippen molar-refractivity contribution in [2.45, 2.75) is 5.92 Å². The molecule has 1 aliphatic rings. The van der Waals surface area contributed by atoms with Gasteiger partial charge < -0.3 is 5.32 Å². The second-order valence-corrected chi connectivity index (χ2v) is 4.24. The predicted octanol–water partition coefficient (Wildman–Crippen LogP) is 1.82. The molecule has 1 aromatic carbocycles. The minimum atomic E-state index is -2.93. The highest BCUT2D eigenvalue weighted by Crippen LogP contribution is 2.29. The number of hydrogen-bond donors (Lipinski definition) is 1. The van der Waals surface area contributed by atoms with E-state index in [1.54, 1.807) is 4.90 Å². The van der Waals surface area contributed by atoms with Crippen molar-refractivity contribution in [1.29, 1.82) is 0 Å². The maximum Gasteiger partial charge on any atom is 0.285 e. The van der Waals surface area contributed by atoms with Crippen LogP contribution in [0.5, 0.6) is 0 Å². The Kier molecular flexibility index (Phi) is 3.69. The number of piperazine rings is 1. The number of halogens is 3. The van der Waals surface area contributed by atoms with Gasteiger partial charge in [0.1, 0.15) is 5.82 Å². The smallest absolute Gasteiger partial charge is 0.285 e. The van der Waals surface area contributed by atoms with Crippen LogP contribution < -0.4 is 5.32 Å². The minimum absolute atomic E-state index is 0.127. The second kappa shape index (κ2) is 5.06. The molecular formula is C12H15F3N2. The molecule has 5 heteroatoms. The molecule has 0 bridgehead atoms. The molecule has 2 nitrogen and oxygen atoms in total. The topological polar surface area (TPSA) is 15.3 Å². The molecule has 0 spiro atoms. The average Bonchev–Trinajstić information content (AvgIpc) is 2.30. The Morgan fingerprint density at radius 2 is 1.71 bits per heavy atom. The molecule has 0 unspecified atom stereocenters. The summed E-state index contributed by atoms with van der Waals surface area (Å²) in [5.74, 6) is -3.42. The summed E-state index contributed by atoms with van der Waals surface area (Å²) in [7, 11) is 0. The fourth-order valence-electron chi connectivity index (χ4n) is 1.94. The maximum absolute atomic E-state index is 13.9. The van der Waals surface area contributed by atoms with Gasteiger partial charge in [0.05, 0.1) is 6.54 Å². The predicted molar refractivity (Wildman–Crippen MR) is 59.6 cm³/mol. The van der Waals surface area contributed by atoms with Crippen molar-refractivity contribution in [1.82, 2.24) is 10.2 Å². The first-order valence-corrected chi connectivity index (χ1v) is 5.65. The zero-order chi connectivity index (χ0) is 12.3. The van der Waals surface area contributed by atoms with Gasteiger partial charge in [0.15, 0.2) is 0 Å². The van der Waals surface area contributed by atoms with Crippen molar-refractivity contribution < 1.29 is 13.2 Å². The lowest BCUT2D eigenvalue weighted by molar-refractivity contribution is -0.0401. The summed E-state index contributed by atoms with van der Waals surface area (Å²) in [5.41, 5.74) is -0.127. The third-order valence-corrected chi connectivity index (χ3v) is 2.90. The molecule has 0 radical (unpaired) electrons. The van der Waals surface area contributed by atoms with Gasteiger partial charge >= 0.3 is 0 Å². The summed E-state index contributed by atoms with van der Waals surface area (Å²) >= 11 is 0. The molecule has 2 rings (SSSR count). The molecule has 0 amide bonds. The van der Waals surface area contributed by atoms with Gasteiger partial charge in [-0.1, -0.05) is 12.1 Å². The first kappa shape index (κ1) is 12.4. The van der Waals surface area contributed by atoms with Crippen LogP contribution in [0.4, 0.5) is 13.2 Å². The van der Waals surface area contributed by atoms with Crippen molar-refractivity contribution in [3.8, 4) is 0 Å². The fraction of sp³-hybridized carbons (Fsp3) is 0.500. The van der Waals surface area contributed by atoms with Crippen molar-refractivity contribution in [2.75, 3.05) is 32.7 Å². The van der Waals surface area contributed by atoms with Gasteiger partial charge in [0, 0.05) is 31.7 Å². The highest BCUT2D eigenvalue weighted by molar-refractivity contribution is 5.21. The van der Waals surface area contributed by atoms with E-state index in [-0.39, 0.29) is 12.1 Å². The van der Waals surface area contributed by atoms with Gasteiger partial charge in [-0.05, 0) is 12.1 Å². The van der Waals surface area contributed by atoms with Crippen LogP contribution in [-0.4, -0.2) is 37.6 Å². The lowest BCUT2D eigenvalue weighted by Gasteiger charge is -2.30. The van der Waals surface area contributed by atoms with E-state index in [1.807, 2.05) is 0 Å². The molecule has 1 N–H and O–H groups in total. The van der Waals surface area contributed by atoms with Gasteiger partial charge in [0.2, 0.25) is 0 Å². The molecular weight excluding hydrogens is 229 g/mol. The van der Waals surface area contributed by atoms with Gasteiger partial charge in [-0.25, -0.2) is 4.39 Å². The van der Waals surface area contributed by atoms with Crippen LogP contribution in [0.3, 0.4) is 0 Å². The summed E-state index contributed by atoms with van der Waals surface area (Å²) in [6.45, 7) is 2.41. The highest BCUT2D eigenvalue weighted by atomic mass is 19.3. The first-order chi connectivity index (χ1) is 8.08. The van der Waals surface area contributed by atoms with Crippen molar-refractivity contribution in [3.05, 3.63) is 35.6 Å². The second-order valence-electron chi connectivity index (χ2n) is 4.24. The Hall–Kier alpha value is -1.07. The van der Waals surface area contributed by atoms with E-state index in [2.05, 4.69) is 5.32 Å². The molecule has 0 aliphatic carbocycles. The summed E-state index contributed by atoms with van der Waals surface area (Å²) in [5, 5.41) is 3.11. The van der Waals surface area contributed by atoms with E-state index in [0.717, 1.165) is 37.4 Å². The zero-order valence-corrected chi connectivity index (χ0v) is 9.43. The maximum atomic E-state index is 13.9.